The van der Waals surface area contributed by atoms with Gasteiger partial charge in [-0.3, -0.25) is 4.79 Å². The molecule has 1 N–H and O–H groups in total. The van der Waals surface area contributed by atoms with Crippen LogP contribution in [0.15, 0.2) is 0 Å². The molecule has 2 heteroatoms. The molecule has 88 valence electrons. The summed E-state index contributed by atoms with van der Waals surface area (Å²) in [5.41, 5.74) is 0. The van der Waals surface area contributed by atoms with Crippen LogP contribution in [0, 0.1) is 17.8 Å². The smallest absolute Gasteiger partial charge is 0.135 e. The van der Waals surface area contributed by atoms with E-state index in [9.17, 15) is 4.79 Å². The van der Waals surface area contributed by atoms with E-state index in [1.165, 1.54) is 0 Å². The Morgan fingerprint density at radius 3 is 2.73 bits per heavy atom. The van der Waals surface area contributed by atoms with Crippen molar-refractivity contribution >= 4 is 5.78 Å². The predicted octanol–water partition coefficient (Wildman–Crippen LogP) is 2.79. The van der Waals surface area contributed by atoms with Gasteiger partial charge in [-0.05, 0) is 37.5 Å². The number of unbranched alkanes of at least 4 members (excludes halogenated alkanes) is 1. The van der Waals surface area contributed by atoms with Crippen molar-refractivity contribution in [1.82, 2.24) is 0 Å². The maximum Gasteiger partial charge on any atom is 0.135 e. The lowest BCUT2D eigenvalue weighted by molar-refractivity contribution is -0.126. The Morgan fingerprint density at radius 1 is 1.40 bits per heavy atom. The minimum atomic E-state index is 0.258. The summed E-state index contributed by atoms with van der Waals surface area (Å²) in [6.07, 6.45) is 5.79. The van der Waals surface area contributed by atoms with Crippen LogP contribution in [-0.2, 0) is 4.79 Å². The van der Waals surface area contributed by atoms with Gasteiger partial charge in [0.05, 0.1) is 0 Å². The molecule has 0 aromatic heterocycles. The molecule has 1 rings (SSSR count). The van der Waals surface area contributed by atoms with Gasteiger partial charge in [-0.15, -0.1) is 0 Å². The fourth-order valence-electron chi connectivity index (χ4n) is 2.53. The number of aliphatic hydroxyl groups excluding tert-OH is 1. The monoisotopic (exact) mass is 212 g/mol. The summed E-state index contributed by atoms with van der Waals surface area (Å²) in [5, 5.41) is 8.72. The first kappa shape index (κ1) is 12.7. The highest BCUT2D eigenvalue weighted by atomic mass is 16.2. The quantitative estimate of drug-likeness (QED) is 0.711. The molecule has 0 bridgehead atoms. The largest absolute Gasteiger partial charge is 0.396 e. The van der Waals surface area contributed by atoms with Gasteiger partial charge in [-0.2, -0.15) is 0 Å². The van der Waals surface area contributed by atoms with Crippen molar-refractivity contribution in [3.05, 3.63) is 0 Å². The van der Waals surface area contributed by atoms with Crippen LogP contribution in [0.2, 0.25) is 0 Å². The van der Waals surface area contributed by atoms with Crippen molar-refractivity contribution in [3.63, 3.8) is 0 Å². The number of ketones is 1. The normalized spacial score (nSPS) is 27.3. The van der Waals surface area contributed by atoms with Gasteiger partial charge in [0, 0.05) is 18.9 Å². The average molecular weight is 212 g/mol. The van der Waals surface area contributed by atoms with Crippen molar-refractivity contribution in [3.8, 4) is 0 Å². The summed E-state index contributed by atoms with van der Waals surface area (Å²) in [5.74, 6) is 2.20. The molecule has 0 spiro atoms. The number of carbonyl (C=O) groups excluding carboxylic acids is 1. The Balaban J connectivity index is 2.36. The van der Waals surface area contributed by atoms with Crippen LogP contribution in [0.5, 0.6) is 0 Å². The van der Waals surface area contributed by atoms with Crippen LogP contribution >= 0.6 is 0 Å². The molecule has 0 amide bonds. The van der Waals surface area contributed by atoms with Crippen LogP contribution in [0.3, 0.4) is 0 Å². The second-order valence-corrected chi connectivity index (χ2v) is 5.16. The van der Waals surface area contributed by atoms with E-state index in [2.05, 4.69) is 13.8 Å². The maximum absolute atomic E-state index is 11.7. The lowest BCUT2D eigenvalue weighted by atomic mass is 9.74. The van der Waals surface area contributed by atoms with E-state index in [-0.39, 0.29) is 12.5 Å². The third-order valence-corrected chi connectivity index (χ3v) is 3.71. The van der Waals surface area contributed by atoms with Crippen molar-refractivity contribution in [2.75, 3.05) is 6.61 Å². The lowest BCUT2D eigenvalue weighted by Gasteiger charge is -2.30. The first-order valence-electron chi connectivity index (χ1n) is 6.28. The Labute approximate surface area is 93.1 Å². The molecular weight excluding hydrogens is 188 g/mol. The standard InChI is InChI=1S/C13H24O2/c1-10(2)11-6-7-13(15)12(9-11)5-3-4-8-14/h10-12,14H,3-9H2,1-2H3. The number of Topliss-reactive ketones (excluding diaryl/α,β-unsaturated/α-hetero) is 1. The van der Waals surface area contributed by atoms with Crippen molar-refractivity contribution in [2.45, 2.75) is 52.4 Å². The van der Waals surface area contributed by atoms with Gasteiger partial charge in [-0.25, -0.2) is 0 Å². The summed E-state index contributed by atoms with van der Waals surface area (Å²) >= 11 is 0. The topological polar surface area (TPSA) is 37.3 Å². The zero-order chi connectivity index (χ0) is 11.3. The highest BCUT2D eigenvalue weighted by Gasteiger charge is 2.29. The van der Waals surface area contributed by atoms with E-state index in [0.717, 1.165) is 44.4 Å². The van der Waals surface area contributed by atoms with Crippen LogP contribution in [0.4, 0.5) is 0 Å². The Bertz CT molecular complexity index is 199. The molecule has 1 aliphatic rings. The molecular formula is C13H24O2. The minimum absolute atomic E-state index is 0.258. The Hall–Kier alpha value is -0.370. The van der Waals surface area contributed by atoms with E-state index < -0.39 is 0 Å². The van der Waals surface area contributed by atoms with Crippen LogP contribution < -0.4 is 0 Å². The van der Waals surface area contributed by atoms with Gasteiger partial charge in [0.15, 0.2) is 0 Å². The van der Waals surface area contributed by atoms with E-state index >= 15 is 0 Å². The molecule has 1 fully saturated rings. The number of hydrogen-bond donors (Lipinski definition) is 1. The maximum atomic E-state index is 11.7. The second kappa shape index (κ2) is 6.26. The molecule has 2 atom stereocenters. The zero-order valence-electron chi connectivity index (χ0n) is 10.0. The van der Waals surface area contributed by atoms with Crippen LogP contribution in [0.25, 0.3) is 0 Å². The summed E-state index contributed by atoms with van der Waals surface area (Å²) in [6.45, 7) is 4.77. The number of carbonyl (C=O) groups is 1. The summed E-state index contributed by atoms with van der Waals surface area (Å²) in [4.78, 5) is 11.7. The average Bonchev–Trinajstić information content (AvgIpc) is 2.20. The molecule has 0 saturated heterocycles. The molecule has 1 saturated carbocycles. The molecule has 0 radical (unpaired) electrons. The highest BCUT2D eigenvalue weighted by molar-refractivity contribution is 5.81. The lowest BCUT2D eigenvalue weighted by Crippen LogP contribution is -2.27. The second-order valence-electron chi connectivity index (χ2n) is 5.16. The molecule has 2 unspecified atom stereocenters. The predicted molar refractivity (Wildman–Crippen MR) is 61.6 cm³/mol. The van der Waals surface area contributed by atoms with Crippen molar-refractivity contribution < 1.29 is 9.90 Å². The molecule has 0 aliphatic heterocycles. The summed E-state index contributed by atoms with van der Waals surface area (Å²) in [6, 6.07) is 0. The molecule has 2 nitrogen and oxygen atoms in total. The number of hydrogen-bond acceptors (Lipinski definition) is 2. The molecule has 15 heavy (non-hydrogen) atoms. The first-order valence-corrected chi connectivity index (χ1v) is 6.28. The van der Waals surface area contributed by atoms with Crippen LogP contribution in [-0.4, -0.2) is 17.5 Å². The van der Waals surface area contributed by atoms with Crippen molar-refractivity contribution in [1.29, 1.82) is 0 Å². The number of aliphatic hydroxyl groups is 1. The third-order valence-electron chi connectivity index (χ3n) is 3.71. The van der Waals surface area contributed by atoms with Gasteiger partial charge >= 0.3 is 0 Å². The molecule has 0 aromatic rings. The molecule has 0 aromatic carbocycles. The zero-order valence-corrected chi connectivity index (χ0v) is 10.0. The van der Waals surface area contributed by atoms with E-state index in [1.54, 1.807) is 0 Å². The van der Waals surface area contributed by atoms with Crippen molar-refractivity contribution in [2.24, 2.45) is 17.8 Å². The van der Waals surface area contributed by atoms with E-state index in [1.807, 2.05) is 0 Å². The Morgan fingerprint density at radius 2 is 2.13 bits per heavy atom. The van der Waals surface area contributed by atoms with Gasteiger partial charge in [0.1, 0.15) is 5.78 Å². The number of rotatable bonds is 5. The first-order chi connectivity index (χ1) is 7.15. The van der Waals surface area contributed by atoms with Gasteiger partial charge < -0.3 is 5.11 Å². The van der Waals surface area contributed by atoms with E-state index in [0.29, 0.717) is 11.7 Å². The van der Waals surface area contributed by atoms with E-state index in [4.69, 9.17) is 5.11 Å². The fraction of sp³-hybridized carbons (Fsp3) is 0.923. The SMILES string of the molecule is CC(C)C1CCC(=O)C(CCCCO)C1. The summed E-state index contributed by atoms with van der Waals surface area (Å²) < 4.78 is 0. The molecule has 0 heterocycles. The van der Waals surface area contributed by atoms with Gasteiger partial charge in [0.25, 0.3) is 0 Å². The highest BCUT2D eigenvalue weighted by Crippen LogP contribution is 2.33. The summed E-state index contributed by atoms with van der Waals surface area (Å²) in [7, 11) is 0. The molecule has 1 aliphatic carbocycles. The fourth-order valence-corrected chi connectivity index (χ4v) is 2.53. The third kappa shape index (κ3) is 3.94. The van der Waals surface area contributed by atoms with Gasteiger partial charge in [-0.1, -0.05) is 20.3 Å². The van der Waals surface area contributed by atoms with Gasteiger partial charge in [0.2, 0.25) is 0 Å². The van der Waals surface area contributed by atoms with Crippen LogP contribution in [0.1, 0.15) is 52.4 Å². The minimum Gasteiger partial charge on any atom is -0.396 e. The Kier molecular flexibility index (Phi) is 5.30.